The van der Waals surface area contributed by atoms with Gasteiger partial charge in [-0.15, -0.1) is 0 Å². The van der Waals surface area contributed by atoms with Crippen molar-refractivity contribution in [3.8, 4) is 0 Å². The second-order valence-electron chi connectivity index (χ2n) is 7.57. The Balaban J connectivity index is 1.35. The van der Waals surface area contributed by atoms with E-state index >= 15 is 0 Å². The van der Waals surface area contributed by atoms with Gasteiger partial charge in [-0.2, -0.15) is 0 Å². The molecule has 1 spiro atoms. The quantitative estimate of drug-likeness (QED) is 0.825. The van der Waals surface area contributed by atoms with Crippen LogP contribution in [0.4, 0.5) is 0 Å². The molecule has 0 N–H and O–H groups in total. The maximum absolute atomic E-state index is 12.8. The average molecular weight is 347 g/mol. The van der Waals surface area contributed by atoms with E-state index < -0.39 is 0 Å². The van der Waals surface area contributed by atoms with E-state index in [0.717, 1.165) is 32.4 Å². The average Bonchev–Trinajstić information content (AvgIpc) is 3.16. The van der Waals surface area contributed by atoms with Crippen LogP contribution in [0.25, 0.3) is 0 Å². The Bertz CT molecular complexity index is 661. The van der Waals surface area contributed by atoms with E-state index in [-0.39, 0.29) is 17.7 Å². The van der Waals surface area contributed by atoms with Crippen molar-refractivity contribution in [1.82, 2.24) is 9.80 Å². The molecule has 2 aliphatic heterocycles. The Hall–Kier alpha value is -1.55. The second-order valence-corrected chi connectivity index (χ2v) is 8.01. The van der Waals surface area contributed by atoms with Gasteiger partial charge >= 0.3 is 0 Å². The van der Waals surface area contributed by atoms with Crippen molar-refractivity contribution in [2.24, 2.45) is 11.3 Å². The molecule has 24 heavy (non-hydrogen) atoms. The van der Waals surface area contributed by atoms with Crippen molar-refractivity contribution in [3.63, 3.8) is 0 Å². The summed E-state index contributed by atoms with van der Waals surface area (Å²) in [5, 5.41) is 0.565. The first-order valence-corrected chi connectivity index (χ1v) is 9.28. The van der Waals surface area contributed by atoms with Gasteiger partial charge in [0.2, 0.25) is 5.91 Å². The molecular weight excluding hydrogens is 324 g/mol. The zero-order chi connectivity index (χ0) is 16.7. The van der Waals surface area contributed by atoms with Crippen LogP contribution >= 0.6 is 11.6 Å². The Kier molecular flexibility index (Phi) is 4.03. The van der Waals surface area contributed by atoms with Crippen molar-refractivity contribution in [2.45, 2.75) is 32.1 Å². The maximum atomic E-state index is 12.8. The smallest absolute Gasteiger partial charge is 0.253 e. The topological polar surface area (TPSA) is 40.6 Å². The number of halogens is 1. The first kappa shape index (κ1) is 15.9. The van der Waals surface area contributed by atoms with Gasteiger partial charge in [0.25, 0.3) is 5.91 Å². The lowest BCUT2D eigenvalue weighted by Gasteiger charge is -2.33. The van der Waals surface area contributed by atoms with Crippen molar-refractivity contribution in [2.75, 3.05) is 26.2 Å². The van der Waals surface area contributed by atoms with Crippen molar-refractivity contribution in [1.29, 1.82) is 0 Å². The van der Waals surface area contributed by atoms with E-state index in [9.17, 15) is 9.59 Å². The van der Waals surface area contributed by atoms with Gasteiger partial charge in [0.15, 0.2) is 0 Å². The van der Waals surface area contributed by atoms with E-state index in [1.807, 2.05) is 4.90 Å². The Labute approximate surface area is 147 Å². The third-order valence-electron chi connectivity index (χ3n) is 5.99. The summed E-state index contributed by atoms with van der Waals surface area (Å²) < 4.78 is 0. The van der Waals surface area contributed by atoms with Gasteiger partial charge in [-0.25, -0.2) is 0 Å². The highest BCUT2D eigenvalue weighted by molar-refractivity contribution is 6.30. The van der Waals surface area contributed by atoms with Crippen LogP contribution in [-0.4, -0.2) is 47.8 Å². The number of hydrogen-bond donors (Lipinski definition) is 0. The molecule has 1 aromatic rings. The van der Waals surface area contributed by atoms with Crippen molar-refractivity contribution in [3.05, 3.63) is 34.9 Å². The van der Waals surface area contributed by atoms with Crippen LogP contribution in [0, 0.1) is 11.3 Å². The molecular formula is C19H23ClN2O2. The largest absolute Gasteiger partial charge is 0.342 e. The van der Waals surface area contributed by atoms with Gasteiger partial charge in [0, 0.05) is 36.8 Å². The Morgan fingerprint density at radius 2 is 1.79 bits per heavy atom. The highest BCUT2D eigenvalue weighted by Gasteiger charge is 2.46. The molecule has 3 fully saturated rings. The fraction of sp³-hybridized carbons (Fsp3) is 0.579. The molecule has 1 aromatic carbocycles. The molecule has 1 atom stereocenters. The lowest BCUT2D eigenvalue weighted by atomic mass is 9.92. The number of nitrogens with zero attached hydrogens (tertiary/aromatic N) is 2. The van der Waals surface area contributed by atoms with Crippen LogP contribution in [0.2, 0.25) is 5.02 Å². The third-order valence-corrected chi connectivity index (χ3v) is 6.22. The molecule has 4 rings (SSSR count). The number of rotatable bonds is 2. The molecule has 1 saturated carbocycles. The normalized spacial score (nSPS) is 25.1. The van der Waals surface area contributed by atoms with E-state index in [1.165, 1.54) is 12.8 Å². The number of carbonyl (C=O) groups excluding carboxylic acids is 2. The summed E-state index contributed by atoms with van der Waals surface area (Å²) in [6, 6.07) is 7.02. The first-order valence-electron chi connectivity index (χ1n) is 8.90. The van der Waals surface area contributed by atoms with Crippen LogP contribution in [-0.2, 0) is 4.79 Å². The van der Waals surface area contributed by atoms with E-state index in [2.05, 4.69) is 0 Å². The summed E-state index contributed by atoms with van der Waals surface area (Å²) in [4.78, 5) is 29.2. The summed E-state index contributed by atoms with van der Waals surface area (Å²) in [7, 11) is 0. The fourth-order valence-electron chi connectivity index (χ4n) is 4.09. The van der Waals surface area contributed by atoms with Gasteiger partial charge < -0.3 is 9.80 Å². The lowest BCUT2D eigenvalue weighted by molar-refractivity contribution is -0.136. The highest BCUT2D eigenvalue weighted by atomic mass is 35.5. The molecule has 128 valence electrons. The minimum absolute atomic E-state index is 0.0247. The molecule has 3 aliphatic rings. The van der Waals surface area contributed by atoms with Gasteiger partial charge in [-0.1, -0.05) is 17.7 Å². The monoisotopic (exact) mass is 346 g/mol. The van der Waals surface area contributed by atoms with E-state index in [4.69, 9.17) is 11.6 Å². The standard InChI is InChI=1S/C19H23ClN2O2/c20-16-3-1-2-14(12-16)17(23)22-9-4-15(13-22)18(24)21-10-7-19(5-6-19)8-11-21/h1-3,12,15H,4-11,13H2/t15-/m1/s1. The molecule has 2 saturated heterocycles. The van der Waals surface area contributed by atoms with E-state index in [0.29, 0.717) is 29.1 Å². The summed E-state index contributed by atoms with van der Waals surface area (Å²) in [5.74, 6) is 0.177. The Morgan fingerprint density at radius 3 is 2.46 bits per heavy atom. The lowest BCUT2D eigenvalue weighted by Crippen LogP contribution is -2.43. The van der Waals surface area contributed by atoms with Crippen molar-refractivity contribution < 1.29 is 9.59 Å². The number of amides is 2. The molecule has 0 radical (unpaired) electrons. The maximum Gasteiger partial charge on any atom is 0.253 e. The second kappa shape index (κ2) is 6.07. The molecule has 5 heteroatoms. The fourth-order valence-corrected chi connectivity index (χ4v) is 4.28. The Morgan fingerprint density at radius 1 is 1.04 bits per heavy atom. The molecule has 2 amide bonds. The predicted molar refractivity (Wildman–Crippen MR) is 92.9 cm³/mol. The minimum Gasteiger partial charge on any atom is -0.342 e. The number of hydrogen-bond acceptors (Lipinski definition) is 2. The van der Waals surface area contributed by atoms with Crippen LogP contribution in [0.5, 0.6) is 0 Å². The number of piperidine rings is 1. The molecule has 2 heterocycles. The molecule has 0 unspecified atom stereocenters. The van der Waals surface area contributed by atoms with Crippen LogP contribution in [0.3, 0.4) is 0 Å². The summed E-state index contributed by atoms with van der Waals surface area (Å²) in [6.07, 6.45) is 5.79. The third kappa shape index (κ3) is 3.04. The van der Waals surface area contributed by atoms with Crippen LogP contribution in [0.1, 0.15) is 42.5 Å². The number of carbonyl (C=O) groups is 2. The minimum atomic E-state index is -0.0404. The zero-order valence-corrected chi connectivity index (χ0v) is 14.6. The number of benzene rings is 1. The van der Waals surface area contributed by atoms with Crippen LogP contribution < -0.4 is 0 Å². The summed E-state index contributed by atoms with van der Waals surface area (Å²) >= 11 is 5.97. The van der Waals surface area contributed by atoms with Gasteiger partial charge in [0.05, 0.1) is 5.92 Å². The predicted octanol–water partition coefficient (Wildman–Crippen LogP) is 3.20. The van der Waals surface area contributed by atoms with Gasteiger partial charge in [-0.3, -0.25) is 9.59 Å². The molecule has 0 bridgehead atoms. The molecule has 1 aliphatic carbocycles. The summed E-state index contributed by atoms with van der Waals surface area (Å²) in [5.41, 5.74) is 1.19. The molecule has 4 nitrogen and oxygen atoms in total. The SMILES string of the molecule is O=C(c1cccc(Cl)c1)N1CC[C@@H](C(=O)N2CCC3(CC2)CC3)C1. The first-order chi connectivity index (χ1) is 11.6. The van der Waals surface area contributed by atoms with E-state index in [1.54, 1.807) is 29.2 Å². The van der Waals surface area contributed by atoms with Gasteiger partial charge in [0.1, 0.15) is 0 Å². The molecule has 0 aromatic heterocycles. The summed E-state index contributed by atoms with van der Waals surface area (Å²) in [6.45, 7) is 2.99. The van der Waals surface area contributed by atoms with Gasteiger partial charge in [-0.05, 0) is 55.7 Å². The number of likely N-dealkylation sites (tertiary alicyclic amines) is 2. The van der Waals surface area contributed by atoms with Crippen LogP contribution in [0.15, 0.2) is 24.3 Å². The highest BCUT2D eigenvalue weighted by Crippen LogP contribution is 2.53. The van der Waals surface area contributed by atoms with Crippen molar-refractivity contribution >= 4 is 23.4 Å². The zero-order valence-electron chi connectivity index (χ0n) is 13.8.